The van der Waals surface area contributed by atoms with E-state index in [1.54, 1.807) is 0 Å². The quantitative estimate of drug-likeness (QED) is 0.444. The zero-order valence-electron chi connectivity index (χ0n) is 17.8. The largest absolute Gasteiger partial charge is 0.398 e. The van der Waals surface area contributed by atoms with Crippen molar-refractivity contribution in [3.63, 3.8) is 0 Å². The Labute approximate surface area is 152 Å². The Kier molecular flexibility index (Phi) is 11.6. The second kappa shape index (κ2) is 11.6. The minimum atomic E-state index is -2.17. The summed E-state index contributed by atoms with van der Waals surface area (Å²) in [6.45, 7) is 15.3. The van der Waals surface area contributed by atoms with E-state index >= 15 is 0 Å². The predicted molar refractivity (Wildman–Crippen MR) is 107 cm³/mol. The highest BCUT2D eigenvalue weighted by Crippen LogP contribution is 2.35. The van der Waals surface area contributed by atoms with E-state index in [1.807, 2.05) is 14.2 Å². The van der Waals surface area contributed by atoms with E-state index in [0.717, 1.165) is 51.4 Å². The van der Waals surface area contributed by atoms with Crippen LogP contribution in [-0.4, -0.2) is 97.9 Å². The van der Waals surface area contributed by atoms with Crippen LogP contribution in [0.4, 0.5) is 0 Å². The number of rotatable bonds is 14. The van der Waals surface area contributed by atoms with Crippen molar-refractivity contribution in [1.82, 2.24) is 14.7 Å². The van der Waals surface area contributed by atoms with E-state index in [2.05, 4.69) is 63.5 Å². The highest BCUT2D eigenvalue weighted by atomic mass is 28.4. The summed E-state index contributed by atoms with van der Waals surface area (Å²) in [5.74, 6) is 0. The fourth-order valence-electron chi connectivity index (χ4n) is 3.58. The molecule has 0 atom stereocenters. The SMILES string of the molecule is CCN(C)CC(CN(C)CC)(CN(C)CC)C[Si](CC)(OC)OC. The number of hydrogen-bond acceptors (Lipinski definition) is 5. The molecule has 0 aromatic rings. The molecule has 0 radical (unpaired) electrons. The van der Waals surface area contributed by atoms with Crippen LogP contribution in [0.15, 0.2) is 0 Å². The van der Waals surface area contributed by atoms with E-state index in [0.29, 0.717) is 0 Å². The van der Waals surface area contributed by atoms with Crippen molar-refractivity contribution in [2.75, 3.05) is 74.6 Å². The molecule has 0 aliphatic rings. The summed E-state index contributed by atoms with van der Waals surface area (Å²) < 4.78 is 12.0. The molecule has 0 heterocycles. The number of nitrogens with zero attached hydrogens (tertiary/aromatic N) is 3. The van der Waals surface area contributed by atoms with Crippen molar-refractivity contribution >= 4 is 8.56 Å². The maximum atomic E-state index is 6.00. The summed E-state index contributed by atoms with van der Waals surface area (Å²) in [5, 5.41) is 0. The molecule has 0 aliphatic carbocycles. The van der Waals surface area contributed by atoms with Gasteiger partial charge in [0.15, 0.2) is 0 Å². The van der Waals surface area contributed by atoms with Crippen LogP contribution in [0.1, 0.15) is 27.7 Å². The molecule has 5 nitrogen and oxygen atoms in total. The van der Waals surface area contributed by atoms with E-state index < -0.39 is 8.56 Å². The lowest BCUT2D eigenvalue weighted by Gasteiger charge is -2.45. The molecule has 0 N–H and O–H groups in total. The topological polar surface area (TPSA) is 28.2 Å². The van der Waals surface area contributed by atoms with Crippen molar-refractivity contribution in [3.05, 3.63) is 0 Å². The Morgan fingerprint density at radius 1 is 0.708 bits per heavy atom. The lowest BCUT2D eigenvalue weighted by molar-refractivity contribution is 0.0861. The monoisotopic (exact) mass is 361 g/mol. The maximum Gasteiger partial charge on any atom is 0.338 e. The first kappa shape index (κ1) is 24.0. The summed E-state index contributed by atoms with van der Waals surface area (Å²) in [6.07, 6.45) is 0. The minimum absolute atomic E-state index is 0.147. The van der Waals surface area contributed by atoms with Gasteiger partial charge in [0.25, 0.3) is 0 Å². The van der Waals surface area contributed by atoms with Gasteiger partial charge in [0.05, 0.1) is 0 Å². The van der Waals surface area contributed by atoms with Gasteiger partial charge in [0.1, 0.15) is 0 Å². The van der Waals surface area contributed by atoms with Gasteiger partial charge in [-0.2, -0.15) is 0 Å². The Morgan fingerprint density at radius 3 is 1.25 bits per heavy atom. The Morgan fingerprint density at radius 2 is 1.04 bits per heavy atom. The van der Waals surface area contributed by atoms with Gasteiger partial charge in [-0.1, -0.05) is 27.7 Å². The van der Waals surface area contributed by atoms with E-state index in [1.165, 1.54) is 0 Å². The zero-order chi connectivity index (χ0) is 18.8. The van der Waals surface area contributed by atoms with E-state index in [9.17, 15) is 0 Å². The highest BCUT2D eigenvalue weighted by molar-refractivity contribution is 6.67. The molecular formula is C18H43N3O2Si. The maximum absolute atomic E-state index is 6.00. The molecule has 0 unspecified atom stereocenters. The summed E-state index contributed by atoms with van der Waals surface area (Å²) >= 11 is 0. The van der Waals surface area contributed by atoms with Gasteiger partial charge in [-0.15, -0.1) is 0 Å². The Balaban J connectivity index is 5.73. The molecule has 0 amide bonds. The van der Waals surface area contributed by atoms with Crippen molar-refractivity contribution in [1.29, 1.82) is 0 Å². The van der Waals surface area contributed by atoms with E-state index in [-0.39, 0.29) is 5.41 Å². The normalized spacial score (nSPS) is 13.5. The summed E-state index contributed by atoms with van der Waals surface area (Å²) in [4.78, 5) is 7.31. The van der Waals surface area contributed by atoms with Gasteiger partial charge in [-0.25, -0.2) is 0 Å². The molecule has 0 aliphatic heterocycles. The van der Waals surface area contributed by atoms with Crippen LogP contribution in [0.25, 0.3) is 0 Å². The highest BCUT2D eigenvalue weighted by Gasteiger charge is 2.45. The third-order valence-electron chi connectivity index (χ3n) is 5.36. The first-order valence-corrected chi connectivity index (χ1v) is 11.6. The first-order valence-electron chi connectivity index (χ1n) is 9.41. The van der Waals surface area contributed by atoms with Gasteiger partial charge in [0.2, 0.25) is 0 Å². The molecule has 0 aromatic heterocycles. The van der Waals surface area contributed by atoms with Crippen LogP contribution >= 0.6 is 0 Å². The number of hydrogen-bond donors (Lipinski definition) is 0. The molecule has 24 heavy (non-hydrogen) atoms. The van der Waals surface area contributed by atoms with Crippen molar-refractivity contribution in [2.24, 2.45) is 5.41 Å². The molecule has 0 bridgehead atoms. The van der Waals surface area contributed by atoms with Gasteiger partial charge < -0.3 is 23.6 Å². The summed E-state index contributed by atoms with van der Waals surface area (Å²) in [7, 11) is 8.17. The van der Waals surface area contributed by atoms with Crippen LogP contribution in [0, 0.1) is 5.41 Å². The molecule has 0 saturated carbocycles. The van der Waals surface area contributed by atoms with Gasteiger partial charge in [-0.05, 0) is 46.8 Å². The Bertz CT molecular complexity index is 288. The minimum Gasteiger partial charge on any atom is -0.398 e. The first-order chi connectivity index (χ1) is 11.3. The van der Waals surface area contributed by atoms with Gasteiger partial charge >= 0.3 is 8.56 Å². The van der Waals surface area contributed by atoms with Crippen molar-refractivity contribution in [2.45, 2.75) is 39.8 Å². The van der Waals surface area contributed by atoms with Crippen LogP contribution < -0.4 is 0 Å². The van der Waals surface area contributed by atoms with Crippen molar-refractivity contribution in [3.8, 4) is 0 Å². The molecule has 0 aromatic carbocycles. The van der Waals surface area contributed by atoms with Crippen LogP contribution in [0.5, 0.6) is 0 Å². The van der Waals surface area contributed by atoms with Crippen LogP contribution in [0.3, 0.4) is 0 Å². The average Bonchev–Trinajstić information content (AvgIpc) is 2.59. The summed E-state index contributed by atoms with van der Waals surface area (Å²) in [5.41, 5.74) is 0.147. The lowest BCUT2D eigenvalue weighted by atomic mass is 9.88. The standard InChI is InChI=1S/C18H43N3O2Si/c1-10-19(5)14-18(15-20(6)11-2,16-21(7)12-3)17-24(13-4,22-8)23-9/h10-17H2,1-9H3. The van der Waals surface area contributed by atoms with Crippen LogP contribution in [0.2, 0.25) is 12.1 Å². The van der Waals surface area contributed by atoms with Crippen molar-refractivity contribution < 1.29 is 8.85 Å². The van der Waals surface area contributed by atoms with Crippen LogP contribution in [-0.2, 0) is 8.85 Å². The smallest absolute Gasteiger partial charge is 0.338 e. The molecule has 0 saturated heterocycles. The molecular weight excluding hydrogens is 318 g/mol. The van der Waals surface area contributed by atoms with Gasteiger partial charge in [0, 0.05) is 45.3 Å². The molecule has 0 spiro atoms. The summed E-state index contributed by atoms with van der Waals surface area (Å²) in [6, 6.07) is 2.02. The molecule has 6 heteroatoms. The fourth-order valence-corrected chi connectivity index (χ4v) is 6.34. The molecule has 146 valence electrons. The lowest BCUT2D eigenvalue weighted by Crippen LogP contribution is -2.55. The fraction of sp³-hybridized carbons (Fsp3) is 1.00. The second-order valence-corrected chi connectivity index (χ2v) is 11.0. The zero-order valence-corrected chi connectivity index (χ0v) is 18.8. The molecule has 0 rings (SSSR count). The predicted octanol–water partition coefficient (Wildman–Crippen LogP) is 2.58. The average molecular weight is 362 g/mol. The van der Waals surface area contributed by atoms with E-state index in [4.69, 9.17) is 8.85 Å². The van der Waals surface area contributed by atoms with Gasteiger partial charge in [-0.3, -0.25) is 0 Å². The molecule has 0 fully saturated rings. The third kappa shape index (κ3) is 7.50. The third-order valence-corrected chi connectivity index (χ3v) is 9.22. The Hall–Kier alpha value is 0.0169. The second-order valence-electron chi connectivity index (χ2n) is 7.34.